The molecule has 7 N–H and O–H groups in total. The van der Waals surface area contributed by atoms with Crippen LogP contribution in [0.3, 0.4) is 0 Å². The van der Waals surface area contributed by atoms with Crippen molar-refractivity contribution in [2.24, 2.45) is 0 Å². The first-order chi connectivity index (χ1) is 8.83. The Bertz CT molecular complexity index is 613. The van der Waals surface area contributed by atoms with Crippen LogP contribution in [0, 0.1) is 0 Å². The summed E-state index contributed by atoms with van der Waals surface area (Å²) in [7, 11) is -29.3. The normalized spacial score (nSPS) is 16.0. The monoisotopic (exact) mass is 754 g/mol. The molecule has 0 aliphatic heterocycles. The third kappa shape index (κ3) is 43.4. The van der Waals surface area contributed by atoms with Crippen molar-refractivity contribution in [3.8, 4) is 0 Å². The number of phosphoric acid groups is 5. The van der Waals surface area contributed by atoms with Gasteiger partial charge in [0, 0.05) is 0 Å². The minimum absolute atomic E-state index is 0. The van der Waals surface area contributed by atoms with Crippen LogP contribution < -0.4 is 0 Å². The van der Waals surface area contributed by atoms with E-state index in [0.29, 0.717) is 0 Å². The summed E-state index contributed by atoms with van der Waals surface area (Å²) in [6.07, 6.45) is 0. The van der Waals surface area contributed by atoms with Gasteiger partial charge in [-0.1, -0.05) is 0 Å². The van der Waals surface area contributed by atoms with Crippen LogP contribution in [0.15, 0.2) is 0 Å². The molecule has 0 bridgehead atoms. The zero-order valence-corrected chi connectivity index (χ0v) is 36.8. The fraction of sp³-hybridized carbons (Fsp3) is 0. The topological polar surface area (TPSA) is 264 Å². The molecule has 2 unspecified atom stereocenters. The summed E-state index contributed by atoms with van der Waals surface area (Å²) in [6, 6.07) is 0. The zero-order chi connectivity index (χ0) is 17.3. The van der Waals surface area contributed by atoms with Gasteiger partial charge in [-0.05, 0) is 0 Å². The van der Waals surface area contributed by atoms with Crippen LogP contribution in [0.5, 0.6) is 0 Å². The fourth-order valence-corrected chi connectivity index (χ4v) is 5.97. The van der Waals surface area contributed by atoms with Gasteiger partial charge >= 0.3 is 341 Å². The van der Waals surface area contributed by atoms with E-state index in [-0.39, 0.29) is 325 Å². The molecule has 0 aliphatic carbocycles. The Labute approximate surface area is 427 Å². The maximum absolute atomic E-state index is 11.0. The molecular formula is H23Ca8O16P5. The molecule has 0 aromatic carbocycles. The third-order valence-corrected chi connectivity index (χ3v) is 7.49. The standard InChI is InChI=1S/8Ca.H7O16P5.16H/c;;;;;;;;1-17(2,3)13-19(7,8)15-21(11,12)16-20(9,10)14-18(4,5)6;;;;;;;;;;;;;;;;/h;;;;;;;;(H,7,8)(H,9,10)(H,11,12)(H2,1,2,3)(H2,4,5,6);;;;;;;;;;;;;;;;/q8*+2;;16*-1. The van der Waals surface area contributed by atoms with Crippen LogP contribution in [0.4, 0.5) is 0 Å². The van der Waals surface area contributed by atoms with Crippen molar-refractivity contribution in [2.75, 3.05) is 0 Å². The molecule has 0 amide bonds. The second-order valence-corrected chi connectivity index (χ2v) is 10.1. The molecule has 160 valence electrons. The summed E-state index contributed by atoms with van der Waals surface area (Å²) in [6.45, 7) is 0. The Morgan fingerprint density at radius 1 is 0.379 bits per heavy atom. The molecule has 0 saturated heterocycles. The molecule has 0 rings (SSSR count). The van der Waals surface area contributed by atoms with E-state index in [0.717, 1.165) is 0 Å². The van der Waals surface area contributed by atoms with Crippen LogP contribution >= 0.6 is 39.1 Å². The third-order valence-electron chi connectivity index (χ3n) is 0.832. The van der Waals surface area contributed by atoms with Crippen molar-refractivity contribution >= 4 is 341 Å². The Kier molecular flexibility index (Phi) is 60.1. The molecule has 0 aromatic rings. The van der Waals surface area contributed by atoms with Gasteiger partial charge in [-0.3, -0.25) is 0 Å². The van der Waals surface area contributed by atoms with E-state index in [1.165, 1.54) is 0 Å². The van der Waals surface area contributed by atoms with Gasteiger partial charge in [0.15, 0.2) is 0 Å². The molecule has 16 nitrogen and oxygen atoms in total. The molecule has 29 heteroatoms. The first kappa shape index (κ1) is 63.2. The predicted molar refractivity (Wildman–Crippen MR) is 122 cm³/mol. The summed E-state index contributed by atoms with van der Waals surface area (Å²) in [4.78, 5) is 58.7. The Hall–Kier alpha value is 10.8. The molecule has 0 heterocycles. The first-order valence-electron chi connectivity index (χ1n) is 3.77. The molecule has 29 heavy (non-hydrogen) atoms. The maximum atomic E-state index is 11.0. The molecular weight excluding hydrogens is 731 g/mol. The van der Waals surface area contributed by atoms with Gasteiger partial charge in [-0.2, -0.15) is 17.2 Å². The number of rotatable bonds is 8. The smallest absolute Gasteiger partial charge is 1.00 e. The molecule has 0 aliphatic rings. The zero-order valence-electron chi connectivity index (χ0n) is 30.7. The minimum atomic E-state index is -6.07. The molecule has 0 saturated carbocycles. The number of hydrogen-bond acceptors (Lipinski definition) is 9. The largest absolute Gasteiger partial charge is 2.00 e. The van der Waals surface area contributed by atoms with Crippen molar-refractivity contribution < 1.29 is 97.1 Å². The Morgan fingerprint density at radius 2 is 0.517 bits per heavy atom. The molecule has 0 fully saturated rings. The van der Waals surface area contributed by atoms with E-state index in [4.69, 9.17) is 34.3 Å². The maximum Gasteiger partial charge on any atom is 2.00 e. The Morgan fingerprint density at radius 3 is 0.655 bits per heavy atom. The van der Waals surface area contributed by atoms with Crippen molar-refractivity contribution in [3.05, 3.63) is 0 Å². The minimum Gasteiger partial charge on any atom is -1.00 e. The van der Waals surface area contributed by atoms with Crippen molar-refractivity contribution in [2.45, 2.75) is 0 Å². The summed E-state index contributed by atoms with van der Waals surface area (Å²) in [5, 5.41) is 0. The van der Waals surface area contributed by atoms with Crippen LogP contribution in [-0.2, 0) is 40.1 Å². The summed E-state index contributed by atoms with van der Waals surface area (Å²) in [5.74, 6) is 0. The van der Waals surface area contributed by atoms with E-state index in [2.05, 4.69) is 17.2 Å². The van der Waals surface area contributed by atoms with Crippen LogP contribution in [0.1, 0.15) is 22.8 Å². The van der Waals surface area contributed by atoms with E-state index in [9.17, 15) is 22.8 Å². The molecule has 0 radical (unpaired) electrons. The van der Waals surface area contributed by atoms with Gasteiger partial charge in [-0.15, -0.1) is 0 Å². The van der Waals surface area contributed by atoms with Crippen LogP contribution in [0.25, 0.3) is 0 Å². The van der Waals surface area contributed by atoms with Crippen molar-refractivity contribution in [1.82, 2.24) is 0 Å². The van der Waals surface area contributed by atoms with Gasteiger partial charge < -0.3 is 57.1 Å². The average molecular weight is 755 g/mol. The average Bonchev–Trinajstić information content (AvgIpc) is 1.83. The number of hydrogen-bond donors (Lipinski definition) is 7. The summed E-state index contributed by atoms with van der Waals surface area (Å²) >= 11 is 0. The molecule has 0 spiro atoms. The van der Waals surface area contributed by atoms with Crippen LogP contribution in [-0.4, -0.2) is 336 Å². The van der Waals surface area contributed by atoms with Gasteiger partial charge in [0.1, 0.15) is 0 Å². The summed E-state index contributed by atoms with van der Waals surface area (Å²) < 4.78 is 65.6. The SMILES string of the molecule is O=P(O)(O)OP(=O)(O)OP(=O)(O)OP(=O)(O)OP(=O)(O)O.[Ca+2].[Ca+2].[Ca+2].[Ca+2].[Ca+2].[Ca+2].[Ca+2].[Ca+2].[H-].[H-].[H-].[H-].[H-].[H-].[H-].[H-].[H-].[H-].[H-].[H-].[H-].[H-].[H-].[H-]. The molecule has 2 atom stereocenters. The summed E-state index contributed by atoms with van der Waals surface area (Å²) in [5.41, 5.74) is 0. The second kappa shape index (κ2) is 27.6. The van der Waals surface area contributed by atoms with Gasteiger partial charge in [-0.25, -0.2) is 22.8 Å². The van der Waals surface area contributed by atoms with Crippen molar-refractivity contribution in [3.63, 3.8) is 0 Å². The van der Waals surface area contributed by atoms with Crippen LogP contribution in [0.2, 0.25) is 0 Å². The van der Waals surface area contributed by atoms with Gasteiger partial charge in [0.2, 0.25) is 0 Å². The quantitative estimate of drug-likeness (QED) is 0.108. The molecule has 0 aromatic heterocycles. The first-order valence-corrected chi connectivity index (χ1v) is 11.3. The second-order valence-electron chi connectivity index (χ2n) is 2.71. The van der Waals surface area contributed by atoms with Crippen molar-refractivity contribution in [1.29, 1.82) is 0 Å². The van der Waals surface area contributed by atoms with E-state index < -0.39 is 39.1 Å². The van der Waals surface area contributed by atoms with E-state index >= 15 is 0 Å². The predicted octanol–water partition coefficient (Wildman–Crippen LogP) is -1.71. The van der Waals surface area contributed by atoms with Gasteiger partial charge in [0.05, 0.1) is 0 Å². The van der Waals surface area contributed by atoms with Gasteiger partial charge in [0.25, 0.3) is 0 Å². The fourth-order valence-electron chi connectivity index (χ4n) is 0.574. The van der Waals surface area contributed by atoms with E-state index in [1.54, 1.807) is 0 Å². The van der Waals surface area contributed by atoms with E-state index in [1.807, 2.05) is 0 Å². The Balaban J connectivity index is -0.00000000725.